The summed E-state index contributed by atoms with van der Waals surface area (Å²) in [6.45, 7) is 0. The summed E-state index contributed by atoms with van der Waals surface area (Å²) in [7, 11) is 4.09. The van der Waals surface area contributed by atoms with Crippen LogP contribution in [0.3, 0.4) is 0 Å². The monoisotopic (exact) mass is 1510 g/mol. The van der Waals surface area contributed by atoms with E-state index in [1.165, 1.54) is 62.8 Å². The van der Waals surface area contributed by atoms with E-state index in [0.717, 1.165) is 87.6 Å². The number of halogens is 10. The van der Waals surface area contributed by atoms with Gasteiger partial charge < -0.3 is 41.4 Å². The average Bonchev–Trinajstić information content (AvgIpc) is 2.09. The molecule has 19 nitrogen and oxygen atoms in total. The third-order valence-corrected chi connectivity index (χ3v) is 22.0. The molecule has 29 heteroatoms. The Morgan fingerprint density at radius 2 is 0.877 bits per heavy atom. The fourth-order valence-corrected chi connectivity index (χ4v) is 16.1. The van der Waals surface area contributed by atoms with Crippen molar-refractivity contribution < 1.29 is 63.4 Å². The van der Waals surface area contributed by atoms with Gasteiger partial charge in [-0.05, 0) is 189 Å². The molecule has 8 N–H and O–H groups in total. The molecule has 7 aliphatic carbocycles. The predicted molar refractivity (Wildman–Crippen MR) is 391 cm³/mol. The number of nitrogens with zero attached hydrogens (tertiary/aromatic N) is 8. The van der Waals surface area contributed by atoms with E-state index >= 15 is 0 Å². The molecule has 7 saturated carbocycles. The van der Waals surface area contributed by atoms with Gasteiger partial charge >= 0.3 is 29.9 Å². The highest BCUT2D eigenvalue weighted by Gasteiger charge is 2.45. The van der Waals surface area contributed by atoms with Gasteiger partial charge in [-0.25, -0.2) is 14.8 Å². The summed E-state index contributed by atoms with van der Waals surface area (Å²) < 4.78 is 123. The van der Waals surface area contributed by atoms with Crippen LogP contribution in [0.1, 0.15) is 222 Å². The summed E-state index contributed by atoms with van der Waals surface area (Å²) in [6.07, 6.45) is 15.1. The number of alkyl halides is 9. The maximum atomic E-state index is 13.1. The Bertz CT molecular complexity index is 3600. The zero-order valence-corrected chi connectivity index (χ0v) is 61.4. The van der Waals surface area contributed by atoms with Gasteiger partial charge in [0.2, 0.25) is 11.9 Å². The van der Waals surface area contributed by atoms with Crippen molar-refractivity contribution >= 4 is 64.0 Å². The van der Waals surface area contributed by atoms with Crippen LogP contribution < -0.4 is 41.4 Å². The van der Waals surface area contributed by atoms with Gasteiger partial charge in [0.05, 0.1) is 17.8 Å². The Morgan fingerprint density at radius 3 is 1.30 bits per heavy atom. The average molecular weight is 1510 g/mol. The molecule has 0 amide bonds. The van der Waals surface area contributed by atoms with Gasteiger partial charge in [-0.2, -0.15) is 59.7 Å². The van der Waals surface area contributed by atoms with Gasteiger partial charge in [0.1, 0.15) is 28.9 Å². The smallest absolute Gasteiger partial charge is 0.409 e. The summed E-state index contributed by atoms with van der Waals surface area (Å²) in [6, 6.07) is 26.0. The minimum Gasteiger partial charge on any atom is -0.427 e. The Balaban J connectivity index is 0.000000167. The zero-order valence-electron chi connectivity index (χ0n) is 60.6. The largest absolute Gasteiger partial charge is 0.427 e. The van der Waals surface area contributed by atoms with E-state index in [1.807, 2.05) is 25.2 Å². The number of hydrogen-bond acceptors (Lipinski definition) is 17. The van der Waals surface area contributed by atoms with E-state index in [0.29, 0.717) is 91.6 Å². The Hall–Kier alpha value is -7.59. The van der Waals surface area contributed by atoms with E-state index in [9.17, 15) is 53.9 Å². The molecule has 7 fully saturated rings. The van der Waals surface area contributed by atoms with Crippen LogP contribution in [0.2, 0.25) is 0 Å². The molecule has 106 heavy (non-hydrogen) atoms. The highest BCUT2D eigenvalue weighted by atomic mass is 35.5. The summed E-state index contributed by atoms with van der Waals surface area (Å²) in [5, 5.41) is 21.8. The summed E-state index contributed by atoms with van der Waals surface area (Å²) in [5.74, 6) is 2.55. The first-order valence-corrected chi connectivity index (χ1v) is 38.2. The van der Waals surface area contributed by atoms with Gasteiger partial charge in [0, 0.05) is 117 Å². The number of nitrogens with one attached hydrogen (secondary N) is 4. The number of carbonyl (C=O) groups is 3. The SMILES string of the molecule is CN(c1nccc(Nc2cc(C3CCCC3)[nH]n2)n1)C1CCC(CC(=O)C[C@H]2CCC[C@@H](C(F)(F)F)C2)CC1.CN(c1nccc(Nc2cc(C3CCCC3)[nH]n2)n1)C1CCC(N)CC1.N[C@H]1CCC[C@@H](C(F)(F)F)C1.O=C(C[C@H]1CCC[C@@H](C(F)(F)F)C1)Oc1ccccc1.O=C(Cl)Oc1ccccc1. The summed E-state index contributed by atoms with van der Waals surface area (Å²) >= 11 is 4.95. The molecule has 6 atom stereocenters. The first-order valence-electron chi connectivity index (χ1n) is 37.8. The molecular weight excluding hydrogens is 1410 g/mol. The molecule has 4 heterocycles. The molecule has 2 aromatic carbocycles. The van der Waals surface area contributed by atoms with Crippen molar-refractivity contribution in [1.29, 1.82) is 0 Å². The molecule has 0 unspecified atom stereocenters. The predicted octanol–water partition coefficient (Wildman–Crippen LogP) is 19.5. The number of anilines is 6. The van der Waals surface area contributed by atoms with Gasteiger partial charge in [0.25, 0.3) is 0 Å². The number of hydrogen-bond donors (Lipinski definition) is 6. The van der Waals surface area contributed by atoms with Crippen LogP contribution >= 0.6 is 11.6 Å². The van der Waals surface area contributed by atoms with Crippen LogP contribution in [0.15, 0.2) is 97.3 Å². The van der Waals surface area contributed by atoms with Gasteiger partial charge in [-0.1, -0.05) is 81.3 Å². The van der Waals surface area contributed by atoms with Crippen LogP contribution in [0, 0.1) is 35.5 Å². The number of para-hydroxylation sites is 2. The van der Waals surface area contributed by atoms with E-state index in [-0.39, 0.29) is 74.6 Å². The molecule has 582 valence electrons. The lowest BCUT2D eigenvalue weighted by Crippen LogP contribution is -2.39. The van der Waals surface area contributed by atoms with Crippen molar-refractivity contribution in [3.05, 3.63) is 109 Å². The van der Waals surface area contributed by atoms with E-state index in [2.05, 4.69) is 79.7 Å². The number of rotatable bonds is 18. The fraction of sp³-hybridized carbons (Fsp3) is 0.623. The van der Waals surface area contributed by atoms with E-state index in [1.54, 1.807) is 67.0 Å². The molecule has 0 bridgehead atoms. The van der Waals surface area contributed by atoms with Crippen molar-refractivity contribution in [3.63, 3.8) is 0 Å². The van der Waals surface area contributed by atoms with E-state index < -0.39 is 47.7 Å². The zero-order chi connectivity index (χ0) is 75.8. The van der Waals surface area contributed by atoms with Gasteiger partial charge in [0.15, 0.2) is 11.6 Å². The van der Waals surface area contributed by atoms with E-state index in [4.69, 9.17) is 32.8 Å². The number of carbonyl (C=O) groups excluding carboxylic acids is 3. The first-order chi connectivity index (χ1) is 50.7. The molecule has 0 saturated heterocycles. The molecule has 0 aliphatic heterocycles. The quantitative estimate of drug-likeness (QED) is 0.0202. The molecule has 4 aromatic heterocycles. The molecular formula is C77H104ClF9N14O5. The highest BCUT2D eigenvalue weighted by Crippen LogP contribution is 2.44. The first kappa shape index (κ1) is 82.5. The number of aromatic nitrogens is 8. The third-order valence-electron chi connectivity index (χ3n) is 21.9. The van der Waals surface area contributed by atoms with Crippen molar-refractivity contribution in [2.24, 2.45) is 47.0 Å². The van der Waals surface area contributed by atoms with Gasteiger partial charge in [-0.3, -0.25) is 19.8 Å². The number of ketones is 1. The number of H-pyrrole nitrogens is 2. The maximum absolute atomic E-state index is 13.1. The number of nitrogens with two attached hydrogens (primary N) is 2. The van der Waals surface area contributed by atoms with Crippen LogP contribution in [-0.2, 0) is 9.59 Å². The van der Waals surface area contributed by atoms with Crippen LogP contribution in [0.5, 0.6) is 11.5 Å². The second-order valence-corrected chi connectivity index (χ2v) is 30.2. The molecule has 0 radical (unpaired) electrons. The molecule has 0 spiro atoms. The standard InChI is InChI=1S/C29H41F3N6O.C19H29N7.C15H17F3O2.C7H5ClO2.C7H12F3N/c1-38(28-33-14-13-26(35-28)34-27-18-25(36-37-27)21-6-2-3-7-21)23-11-9-19(10-12-23)16-24(39)17-20-5-4-8-22(15-20)29(30,31)32;1-26(15-8-6-14(20)7-9-15)19-21-11-10-17(23-19)22-18-12-16(24-25-18)13-4-2-3-5-13;16-15(17,18)12-6-4-5-11(9-12)10-14(19)20-13-7-2-1-3-8-13;8-7(9)10-6-4-2-1-3-5-6;8-7(9,10)5-2-1-3-6(11)4-5/h13-14,18-23H,2-12,15-17H2,1H3,(H2,33,34,35,36,37);10-15H,2-9,20H2,1H3,(H2,21,22,23,24,25);1-3,7-8,11-12H,4-6,9-10H2;1-5H;5-6H,1-4,11H2/t19?,20-,22+,23?;;11-,12+;;5-,6+/m0.0.1/s1. The van der Waals surface area contributed by atoms with Crippen molar-refractivity contribution in [3.8, 4) is 11.5 Å². The lowest BCUT2D eigenvalue weighted by Gasteiger charge is -2.35. The normalized spacial score (nSPS) is 24.4. The Labute approximate surface area is 620 Å². The number of esters is 1. The lowest BCUT2D eigenvalue weighted by atomic mass is 9.77. The minimum atomic E-state index is -4.15. The molecule has 7 aliphatic rings. The fourth-order valence-electron chi connectivity index (χ4n) is 16.0. The number of benzene rings is 2. The number of aromatic amines is 2. The van der Waals surface area contributed by atoms with Crippen molar-refractivity contribution in [2.75, 3.05) is 34.5 Å². The van der Waals surface area contributed by atoms with Crippen LogP contribution in [0.25, 0.3) is 0 Å². The number of ether oxygens (including phenoxy) is 2. The third kappa shape index (κ3) is 27.0. The summed E-state index contributed by atoms with van der Waals surface area (Å²) in [5.41, 5.74) is 13.0. The Kier molecular flexibility index (Phi) is 31.1. The molecule has 13 rings (SSSR count). The number of Topliss-reactive ketones (excluding diaryl/α,β-unsaturated/α-hetero) is 1. The second kappa shape index (κ2) is 40.0. The minimum absolute atomic E-state index is 0.0351. The summed E-state index contributed by atoms with van der Waals surface area (Å²) in [4.78, 5) is 57.3. The second-order valence-electron chi connectivity index (χ2n) is 29.9. The lowest BCUT2D eigenvalue weighted by molar-refractivity contribution is -0.186. The topological polar surface area (TPSA) is 261 Å². The maximum Gasteiger partial charge on any atom is 0.409 e. The molecule has 6 aromatic rings. The highest BCUT2D eigenvalue weighted by molar-refractivity contribution is 6.61. The van der Waals surface area contributed by atoms with Gasteiger partial charge in [-0.15, -0.1) is 0 Å². The van der Waals surface area contributed by atoms with Crippen molar-refractivity contribution in [2.45, 2.75) is 254 Å². The van der Waals surface area contributed by atoms with Crippen molar-refractivity contribution in [1.82, 2.24) is 40.3 Å². The van der Waals surface area contributed by atoms with Crippen LogP contribution in [0.4, 0.5) is 79.5 Å². The van der Waals surface area contributed by atoms with Crippen LogP contribution in [-0.4, -0.2) is 114 Å². The Morgan fingerprint density at radius 1 is 0.472 bits per heavy atom.